The van der Waals surface area contributed by atoms with Gasteiger partial charge in [0.1, 0.15) is 0 Å². The van der Waals surface area contributed by atoms with Crippen LogP contribution in [0.3, 0.4) is 0 Å². The van der Waals surface area contributed by atoms with Gasteiger partial charge in [-0.25, -0.2) is 4.98 Å². The summed E-state index contributed by atoms with van der Waals surface area (Å²) in [6, 6.07) is 5.04. The Morgan fingerprint density at radius 2 is 2.62 bits per heavy atom. The van der Waals surface area contributed by atoms with Gasteiger partial charge in [-0.05, 0) is 6.07 Å². The summed E-state index contributed by atoms with van der Waals surface area (Å²) < 4.78 is 11.8. The Hall–Kier alpha value is -1.05. The van der Waals surface area contributed by atoms with E-state index in [-0.39, 0.29) is 6.17 Å². The molecular weight excluding hydrogens is 102 g/mol. The predicted octanol–water partition coefficient (Wildman–Crippen LogP) is 1.09. The highest BCUT2D eigenvalue weighted by Crippen LogP contribution is 1.99. The Kier molecular flexibility index (Phi) is 1.12. The van der Waals surface area contributed by atoms with Gasteiger partial charge < -0.3 is 4.74 Å². The van der Waals surface area contributed by atoms with Gasteiger partial charge in [-0.1, -0.05) is 6.07 Å². The summed E-state index contributed by atoms with van der Waals surface area (Å²) >= 11 is 0. The molecule has 0 atom stereocenters. The number of hydrogen-bond acceptors (Lipinski definition) is 2. The lowest BCUT2D eigenvalue weighted by Gasteiger charge is -1.92. The average molecular weight is 110 g/mol. The molecule has 1 rings (SSSR count). The third-order valence-corrected chi connectivity index (χ3v) is 0.793. The van der Waals surface area contributed by atoms with Crippen molar-refractivity contribution in [2.45, 2.75) is 0 Å². The van der Waals surface area contributed by atoms with Crippen LogP contribution in [-0.2, 0) is 0 Å². The Labute approximate surface area is 49.5 Å². The van der Waals surface area contributed by atoms with Crippen LogP contribution in [0, 0.1) is 0 Å². The molecule has 0 saturated carbocycles. The van der Waals surface area contributed by atoms with Crippen LogP contribution >= 0.6 is 0 Å². The first-order valence-corrected chi connectivity index (χ1v) is 2.30. The molecule has 0 spiro atoms. The van der Waals surface area contributed by atoms with Gasteiger partial charge in [0.2, 0.25) is 5.88 Å². The fourth-order valence-corrected chi connectivity index (χ4v) is 0.425. The van der Waals surface area contributed by atoms with E-state index in [0.717, 1.165) is 0 Å². The number of rotatable bonds is 1. The van der Waals surface area contributed by atoms with Crippen LogP contribution in [0.2, 0.25) is 0 Å². The normalized spacial score (nSPS) is 10.4. The van der Waals surface area contributed by atoms with Crippen molar-refractivity contribution in [3.05, 3.63) is 24.4 Å². The minimum atomic E-state index is 0.231. The second-order valence-electron chi connectivity index (χ2n) is 1.31. The zero-order valence-corrected chi connectivity index (χ0v) is 4.59. The quantitative estimate of drug-likeness (QED) is 0.540. The Balaban J connectivity index is 2.94. The van der Waals surface area contributed by atoms with E-state index < -0.39 is 0 Å². The van der Waals surface area contributed by atoms with Crippen molar-refractivity contribution < 1.29 is 6.11 Å². The zero-order valence-electron chi connectivity index (χ0n) is 5.59. The van der Waals surface area contributed by atoms with Crippen molar-refractivity contribution in [1.29, 1.82) is 0 Å². The van der Waals surface area contributed by atoms with E-state index in [1.54, 1.807) is 18.2 Å². The molecule has 0 amide bonds. The minimum absolute atomic E-state index is 0.231. The highest BCUT2D eigenvalue weighted by molar-refractivity contribution is 5.08. The van der Waals surface area contributed by atoms with Crippen LogP contribution in [0.4, 0.5) is 0 Å². The van der Waals surface area contributed by atoms with Crippen molar-refractivity contribution in [2.75, 3.05) is 7.11 Å². The first kappa shape index (κ1) is 3.89. The summed E-state index contributed by atoms with van der Waals surface area (Å²) in [5, 5.41) is 0. The second kappa shape index (κ2) is 2.31. The maximum atomic E-state index is 7.05. The Bertz CT molecular complexity index is 202. The maximum absolute atomic E-state index is 7.05. The number of ether oxygens (including phenoxy) is 1. The molecule has 0 aliphatic heterocycles. The molecule has 1 aromatic rings. The SMILES string of the molecule is [2H]c1cccc(OC)n1. The fourth-order valence-electron chi connectivity index (χ4n) is 0.425. The Morgan fingerprint density at radius 3 is 3.12 bits per heavy atom. The van der Waals surface area contributed by atoms with E-state index in [1.165, 1.54) is 7.11 Å². The standard InChI is InChI=1S/C6H7NO/c1-8-6-4-2-3-5-7-6/h2-5H,1H3/i5D. The summed E-state index contributed by atoms with van der Waals surface area (Å²) in [5.41, 5.74) is 0. The number of aromatic nitrogens is 1. The van der Waals surface area contributed by atoms with Crippen molar-refractivity contribution in [2.24, 2.45) is 0 Å². The van der Waals surface area contributed by atoms with Gasteiger partial charge in [0.15, 0.2) is 0 Å². The van der Waals surface area contributed by atoms with Crippen LogP contribution in [0.1, 0.15) is 1.37 Å². The molecule has 1 heterocycles. The van der Waals surface area contributed by atoms with Crippen molar-refractivity contribution in [3.8, 4) is 5.88 Å². The predicted molar refractivity (Wildman–Crippen MR) is 30.8 cm³/mol. The van der Waals surface area contributed by atoms with Crippen LogP contribution in [0.25, 0.3) is 0 Å². The first-order valence-electron chi connectivity index (χ1n) is 2.80. The van der Waals surface area contributed by atoms with E-state index in [0.29, 0.717) is 5.88 Å². The van der Waals surface area contributed by atoms with Crippen molar-refractivity contribution in [3.63, 3.8) is 0 Å². The lowest BCUT2D eigenvalue weighted by atomic mass is 10.5. The van der Waals surface area contributed by atoms with Gasteiger partial charge in [0.25, 0.3) is 0 Å². The largest absolute Gasteiger partial charge is 0.481 e. The van der Waals surface area contributed by atoms with Crippen molar-refractivity contribution in [1.82, 2.24) is 4.98 Å². The molecule has 0 bridgehead atoms. The van der Waals surface area contributed by atoms with Crippen LogP contribution in [-0.4, -0.2) is 12.1 Å². The summed E-state index contributed by atoms with van der Waals surface area (Å²) in [6.07, 6.45) is 0.231. The molecule has 2 heteroatoms. The highest BCUT2D eigenvalue weighted by Gasteiger charge is 1.82. The summed E-state index contributed by atoms with van der Waals surface area (Å²) in [5.74, 6) is 0.488. The van der Waals surface area contributed by atoms with Gasteiger partial charge in [0, 0.05) is 12.2 Å². The van der Waals surface area contributed by atoms with Gasteiger partial charge in [-0.15, -0.1) is 0 Å². The molecule has 0 aromatic carbocycles. The molecule has 2 nitrogen and oxygen atoms in total. The van der Waals surface area contributed by atoms with E-state index >= 15 is 0 Å². The molecule has 0 unspecified atom stereocenters. The number of hydrogen-bond donors (Lipinski definition) is 0. The van der Waals surface area contributed by atoms with E-state index in [2.05, 4.69) is 4.98 Å². The topological polar surface area (TPSA) is 22.1 Å². The molecule has 8 heavy (non-hydrogen) atoms. The fraction of sp³-hybridized carbons (Fsp3) is 0.167. The average Bonchev–Trinajstić information content (AvgIpc) is 1.88. The first-order chi connectivity index (χ1) is 4.33. The third-order valence-electron chi connectivity index (χ3n) is 0.793. The molecule has 0 aliphatic rings. The molecule has 0 radical (unpaired) electrons. The Morgan fingerprint density at radius 1 is 1.75 bits per heavy atom. The molecule has 42 valence electrons. The smallest absolute Gasteiger partial charge is 0.212 e. The van der Waals surface area contributed by atoms with Crippen molar-refractivity contribution >= 4 is 0 Å². The molecule has 0 saturated heterocycles. The number of pyridine rings is 1. The van der Waals surface area contributed by atoms with E-state index in [4.69, 9.17) is 6.11 Å². The highest BCUT2D eigenvalue weighted by atomic mass is 16.5. The maximum Gasteiger partial charge on any atom is 0.212 e. The second-order valence-corrected chi connectivity index (χ2v) is 1.31. The summed E-state index contributed by atoms with van der Waals surface area (Å²) in [6.45, 7) is 0. The van der Waals surface area contributed by atoms with Crippen LogP contribution in [0.5, 0.6) is 5.88 Å². The van der Waals surface area contributed by atoms with Gasteiger partial charge in [0.05, 0.1) is 8.48 Å². The van der Waals surface area contributed by atoms with E-state index in [9.17, 15) is 0 Å². The number of nitrogens with zero attached hydrogens (tertiary/aromatic N) is 1. The van der Waals surface area contributed by atoms with Crippen LogP contribution < -0.4 is 4.74 Å². The third kappa shape index (κ3) is 0.964. The van der Waals surface area contributed by atoms with Gasteiger partial charge >= 0.3 is 0 Å². The molecule has 0 aliphatic carbocycles. The lowest BCUT2D eigenvalue weighted by molar-refractivity contribution is 0.398. The number of methoxy groups -OCH3 is 1. The lowest BCUT2D eigenvalue weighted by Crippen LogP contribution is -1.83. The monoisotopic (exact) mass is 110 g/mol. The van der Waals surface area contributed by atoms with E-state index in [1.807, 2.05) is 0 Å². The summed E-state index contributed by atoms with van der Waals surface area (Å²) in [7, 11) is 1.53. The van der Waals surface area contributed by atoms with Gasteiger partial charge in [-0.2, -0.15) is 0 Å². The molecule has 0 fully saturated rings. The van der Waals surface area contributed by atoms with Crippen LogP contribution in [0.15, 0.2) is 24.4 Å². The molecule has 0 N–H and O–H groups in total. The molecular formula is C6H7NO. The van der Waals surface area contributed by atoms with Gasteiger partial charge in [-0.3, -0.25) is 0 Å². The minimum Gasteiger partial charge on any atom is -0.481 e. The summed E-state index contributed by atoms with van der Waals surface area (Å²) in [4.78, 5) is 3.74. The molecule has 1 aromatic heterocycles. The zero-order chi connectivity index (χ0) is 6.69.